The van der Waals surface area contributed by atoms with Gasteiger partial charge in [-0.15, -0.1) is 0 Å². The molecule has 0 saturated heterocycles. The molecule has 1 aliphatic carbocycles. The molecule has 1 amide bonds. The Hall–Kier alpha value is -2.05. The van der Waals surface area contributed by atoms with Crippen molar-refractivity contribution in [1.82, 2.24) is 0 Å². The molecule has 3 rings (SSSR count). The molecule has 0 radical (unpaired) electrons. The van der Waals surface area contributed by atoms with Crippen molar-refractivity contribution in [1.29, 1.82) is 0 Å². The van der Waals surface area contributed by atoms with Crippen molar-refractivity contribution < 1.29 is 13.2 Å². The maximum absolute atomic E-state index is 12.6. The SMILES string of the molecule is Cc1ccc(S(=O)(=O)Nc2cccc(Cl)c2)cc1NC(=O)[C@H]1C[C@H]1C. The average molecular weight is 379 g/mol. The number of halogens is 1. The van der Waals surface area contributed by atoms with Gasteiger partial charge in [0.15, 0.2) is 0 Å². The summed E-state index contributed by atoms with van der Waals surface area (Å²) in [5, 5.41) is 3.28. The number of hydrogen-bond acceptors (Lipinski definition) is 3. The first-order chi connectivity index (χ1) is 11.8. The van der Waals surface area contributed by atoms with E-state index >= 15 is 0 Å². The fourth-order valence-electron chi connectivity index (χ4n) is 2.58. The number of anilines is 2. The van der Waals surface area contributed by atoms with Gasteiger partial charge in [-0.25, -0.2) is 8.42 Å². The number of amides is 1. The molecule has 1 fully saturated rings. The van der Waals surface area contributed by atoms with Crippen LogP contribution in [0.5, 0.6) is 0 Å². The molecular formula is C18H19ClN2O3S. The first-order valence-electron chi connectivity index (χ1n) is 7.96. The number of sulfonamides is 1. The zero-order valence-corrected chi connectivity index (χ0v) is 15.5. The topological polar surface area (TPSA) is 75.3 Å². The number of nitrogens with one attached hydrogen (secondary N) is 2. The molecule has 0 bridgehead atoms. The van der Waals surface area contributed by atoms with Gasteiger partial charge in [-0.1, -0.05) is 30.7 Å². The van der Waals surface area contributed by atoms with Crippen LogP contribution in [0.1, 0.15) is 18.9 Å². The number of benzene rings is 2. The molecule has 0 aromatic heterocycles. The van der Waals surface area contributed by atoms with Crippen molar-refractivity contribution in [2.75, 3.05) is 10.0 Å². The Morgan fingerprint density at radius 1 is 1.20 bits per heavy atom. The Balaban J connectivity index is 1.83. The molecule has 5 nitrogen and oxygen atoms in total. The van der Waals surface area contributed by atoms with Gasteiger partial charge in [0, 0.05) is 16.6 Å². The van der Waals surface area contributed by atoms with Gasteiger partial charge >= 0.3 is 0 Å². The highest BCUT2D eigenvalue weighted by Gasteiger charge is 2.39. The summed E-state index contributed by atoms with van der Waals surface area (Å²) in [7, 11) is -3.78. The van der Waals surface area contributed by atoms with Crippen LogP contribution in [0.25, 0.3) is 0 Å². The van der Waals surface area contributed by atoms with E-state index in [9.17, 15) is 13.2 Å². The fourth-order valence-corrected chi connectivity index (χ4v) is 3.85. The lowest BCUT2D eigenvalue weighted by Crippen LogP contribution is -2.17. The van der Waals surface area contributed by atoms with Crippen molar-refractivity contribution in [2.24, 2.45) is 11.8 Å². The third kappa shape index (κ3) is 4.14. The minimum absolute atomic E-state index is 0.0178. The van der Waals surface area contributed by atoms with Crippen molar-refractivity contribution in [3.63, 3.8) is 0 Å². The van der Waals surface area contributed by atoms with E-state index in [-0.39, 0.29) is 16.7 Å². The zero-order valence-electron chi connectivity index (χ0n) is 13.9. The smallest absolute Gasteiger partial charge is 0.261 e. The second kappa shape index (κ2) is 6.69. The van der Waals surface area contributed by atoms with Gasteiger partial charge in [-0.3, -0.25) is 9.52 Å². The normalized spacial score (nSPS) is 19.3. The van der Waals surface area contributed by atoms with Gasteiger partial charge in [0.05, 0.1) is 10.6 Å². The first kappa shape index (κ1) is 17.8. The summed E-state index contributed by atoms with van der Waals surface area (Å²) in [6.07, 6.45) is 0.874. The molecule has 0 aliphatic heterocycles. The van der Waals surface area contributed by atoms with Crippen LogP contribution in [0.15, 0.2) is 47.4 Å². The summed E-state index contributed by atoms with van der Waals surface area (Å²) >= 11 is 5.89. The van der Waals surface area contributed by atoms with Crippen LogP contribution in [-0.2, 0) is 14.8 Å². The standard InChI is InChI=1S/C18H19ClN2O3S/c1-11-6-7-15(10-17(11)20-18(22)16-8-12(16)2)25(23,24)21-14-5-3-4-13(19)9-14/h3-7,9-10,12,16,21H,8H2,1-2H3,(H,20,22)/t12-,16+/m1/s1. The molecule has 25 heavy (non-hydrogen) atoms. The molecule has 1 saturated carbocycles. The van der Waals surface area contributed by atoms with Gasteiger partial charge in [-0.05, 0) is 55.2 Å². The van der Waals surface area contributed by atoms with Crippen LogP contribution in [-0.4, -0.2) is 14.3 Å². The summed E-state index contributed by atoms with van der Waals surface area (Å²) in [4.78, 5) is 12.2. The Bertz CT molecular complexity index is 928. The first-order valence-corrected chi connectivity index (χ1v) is 9.82. The highest BCUT2D eigenvalue weighted by atomic mass is 35.5. The van der Waals surface area contributed by atoms with E-state index in [1.54, 1.807) is 24.3 Å². The average Bonchev–Trinajstić information content (AvgIpc) is 3.26. The number of carbonyl (C=O) groups is 1. The summed E-state index contributed by atoms with van der Waals surface area (Å²) in [5.74, 6) is 0.342. The van der Waals surface area contributed by atoms with Gasteiger partial charge in [-0.2, -0.15) is 0 Å². The Morgan fingerprint density at radius 3 is 2.56 bits per heavy atom. The predicted molar refractivity (Wildman–Crippen MR) is 99.3 cm³/mol. The summed E-state index contributed by atoms with van der Waals surface area (Å²) in [6, 6.07) is 11.2. The Morgan fingerprint density at radius 2 is 1.92 bits per heavy atom. The number of aryl methyl sites for hydroxylation is 1. The Labute approximate surface area is 152 Å². The molecule has 2 aromatic rings. The van der Waals surface area contributed by atoms with E-state index < -0.39 is 10.0 Å². The van der Waals surface area contributed by atoms with Crippen LogP contribution < -0.4 is 10.0 Å². The summed E-state index contributed by atoms with van der Waals surface area (Å²) in [5.41, 5.74) is 1.70. The van der Waals surface area contributed by atoms with Crippen LogP contribution in [0.4, 0.5) is 11.4 Å². The van der Waals surface area contributed by atoms with Gasteiger partial charge < -0.3 is 5.32 Å². The third-order valence-corrected chi connectivity index (χ3v) is 5.91. The van der Waals surface area contributed by atoms with E-state index in [0.717, 1.165) is 12.0 Å². The zero-order chi connectivity index (χ0) is 18.2. The van der Waals surface area contributed by atoms with Crippen molar-refractivity contribution in [3.05, 3.63) is 53.1 Å². The van der Waals surface area contributed by atoms with Gasteiger partial charge in [0.1, 0.15) is 0 Å². The highest BCUT2D eigenvalue weighted by molar-refractivity contribution is 7.92. The molecule has 0 heterocycles. The Kier molecular flexibility index (Phi) is 4.75. The number of hydrogen-bond donors (Lipinski definition) is 2. The predicted octanol–water partition coefficient (Wildman–Crippen LogP) is 4.04. The highest BCUT2D eigenvalue weighted by Crippen LogP contribution is 2.38. The molecule has 2 N–H and O–H groups in total. The molecule has 0 spiro atoms. The van der Waals surface area contributed by atoms with Crippen LogP contribution in [0.3, 0.4) is 0 Å². The van der Waals surface area contributed by atoms with E-state index in [4.69, 9.17) is 11.6 Å². The fraction of sp³-hybridized carbons (Fsp3) is 0.278. The summed E-state index contributed by atoms with van der Waals surface area (Å²) < 4.78 is 27.7. The maximum Gasteiger partial charge on any atom is 0.261 e. The lowest BCUT2D eigenvalue weighted by molar-refractivity contribution is -0.117. The number of carbonyl (C=O) groups excluding carboxylic acids is 1. The molecule has 2 aromatic carbocycles. The quantitative estimate of drug-likeness (QED) is 0.824. The molecule has 0 unspecified atom stereocenters. The molecule has 132 valence electrons. The maximum atomic E-state index is 12.6. The number of rotatable bonds is 5. The largest absolute Gasteiger partial charge is 0.326 e. The van der Waals surface area contributed by atoms with E-state index in [1.807, 2.05) is 13.8 Å². The van der Waals surface area contributed by atoms with Gasteiger partial charge in [0.2, 0.25) is 5.91 Å². The second-order valence-electron chi connectivity index (χ2n) is 6.40. The molecular weight excluding hydrogens is 360 g/mol. The van der Waals surface area contributed by atoms with Crippen molar-refractivity contribution in [3.8, 4) is 0 Å². The minimum atomic E-state index is -3.78. The van der Waals surface area contributed by atoms with Gasteiger partial charge in [0.25, 0.3) is 10.0 Å². The summed E-state index contributed by atoms with van der Waals surface area (Å²) in [6.45, 7) is 3.85. The molecule has 2 atom stereocenters. The van der Waals surface area contributed by atoms with Crippen LogP contribution in [0, 0.1) is 18.8 Å². The monoisotopic (exact) mass is 378 g/mol. The van der Waals surface area contributed by atoms with E-state index in [1.165, 1.54) is 18.2 Å². The second-order valence-corrected chi connectivity index (χ2v) is 8.52. The molecule has 1 aliphatic rings. The molecule has 7 heteroatoms. The minimum Gasteiger partial charge on any atom is -0.326 e. The van der Waals surface area contributed by atoms with Crippen molar-refractivity contribution >= 4 is 38.9 Å². The third-order valence-electron chi connectivity index (χ3n) is 4.30. The van der Waals surface area contributed by atoms with E-state index in [2.05, 4.69) is 10.0 Å². The van der Waals surface area contributed by atoms with Crippen LogP contribution >= 0.6 is 11.6 Å². The van der Waals surface area contributed by atoms with Crippen LogP contribution in [0.2, 0.25) is 5.02 Å². The van der Waals surface area contributed by atoms with Crippen molar-refractivity contribution in [2.45, 2.75) is 25.2 Å². The van der Waals surface area contributed by atoms with E-state index in [0.29, 0.717) is 22.3 Å². The lowest BCUT2D eigenvalue weighted by atomic mass is 10.2. The lowest BCUT2D eigenvalue weighted by Gasteiger charge is -2.12.